The van der Waals surface area contributed by atoms with E-state index in [1.54, 1.807) is 19.1 Å². The number of furan rings is 1. The Kier molecular flexibility index (Phi) is 11.5. The van der Waals surface area contributed by atoms with Gasteiger partial charge in [0.25, 0.3) is 5.91 Å². The van der Waals surface area contributed by atoms with E-state index in [1.165, 1.54) is 6.26 Å². The number of hydrogen-bond acceptors (Lipinski definition) is 4. The summed E-state index contributed by atoms with van der Waals surface area (Å²) in [5.41, 5.74) is 0.491. The first-order valence-corrected chi connectivity index (χ1v) is 10.1. The largest absolute Gasteiger partial charge is 0.466 e. The molecule has 1 heterocycles. The smallest absolute Gasteiger partial charge is 0.251 e. The van der Waals surface area contributed by atoms with Crippen LogP contribution in [0.1, 0.15) is 55.3 Å². The maximum atomic E-state index is 12.1. The van der Waals surface area contributed by atoms with Gasteiger partial charge in [-0.2, -0.15) is 0 Å². The lowest BCUT2D eigenvalue weighted by Gasteiger charge is -2.22. The maximum absolute atomic E-state index is 12.1. The van der Waals surface area contributed by atoms with Crippen LogP contribution in [-0.4, -0.2) is 36.6 Å². The summed E-state index contributed by atoms with van der Waals surface area (Å²) in [6.07, 6.45) is 3.57. The van der Waals surface area contributed by atoms with Crippen molar-refractivity contribution in [3.8, 4) is 0 Å². The molecule has 1 unspecified atom stereocenters. The van der Waals surface area contributed by atoms with Crippen LogP contribution in [0.5, 0.6) is 0 Å². The molecular formula is C22H33IN4O3. The van der Waals surface area contributed by atoms with E-state index in [1.807, 2.05) is 31.2 Å². The van der Waals surface area contributed by atoms with E-state index in [0.717, 1.165) is 18.4 Å². The predicted molar refractivity (Wildman–Crippen MR) is 130 cm³/mol. The highest BCUT2D eigenvalue weighted by Crippen LogP contribution is 2.19. The number of halogens is 1. The number of benzene rings is 1. The van der Waals surface area contributed by atoms with Gasteiger partial charge < -0.3 is 25.5 Å². The molecule has 4 N–H and O–H groups in total. The zero-order valence-electron chi connectivity index (χ0n) is 17.9. The maximum Gasteiger partial charge on any atom is 0.251 e. The van der Waals surface area contributed by atoms with Crippen LogP contribution in [0.4, 0.5) is 0 Å². The molecule has 0 radical (unpaired) electrons. The Bertz CT molecular complexity index is 774. The van der Waals surface area contributed by atoms with Crippen molar-refractivity contribution in [1.82, 2.24) is 16.0 Å². The van der Waals surface area contributed by atoms with Crippen LogP contribution in [-0.2, 0) is 12.1 Å². The molecule has 7 nitrogen and oxygen atoms in total. The Morgan fingerprint density at radius 1 is 1.13 bits per heavy atom. The summed E-state index contributed by atoms with van der Waals surface area (Å²) in [5.74, 6) is 1.04. The van der Waals surface area contributed by atoms with Crippen LogP contribution < -0.4 is 16.0 Å². The molecule has 0 bridgehead atoms. The topological polar surface area (TPSA) is 98.9 Å². The van der Waals surface area contributed by atoms with Crippen LogP contribution in [0.15, 0.2) is 52.1 Å². The number of carbonyl (C=O) groups excluding carboxylic acids is 1. The van der Waals surface area contributed by atoms with E-state index in [-0.39, 0.29) is 36.4 Å². The molecule has 0 saturated heterocycles. The lowest BCUT2D eigenvalue weighted by atomic mass is 10.0. The number of nitrogens with zero attached hydrogens (tertiary/aromatic N) is 1. The average Bonchev–Trinajstić information content (AvgIpc) is 3.26. The molecule has 1 atom stereocenters. The van der Waals surface area contributed by atoms with Gasteiger partial charge in [0.15, 0.2) is 5.96 Å². The number of unbranched alkanes of at least 4 members (excludes halogenated alkanes) is 1. The van der Waals surface area contributed by atoms with Crippen molar-refractivity contribution in [2.24, 2.45) is 4.99 Å². The fourth-order valence-corrected chi connectivity index (χ4v) is 2.68. The van der Waals surface area contributed by atoms with Crippen LogP contribution in [0.2, 0.25) is 0 Å². The molecule has 0 aliphatic carbocycles. The standard InChI is InChI=1S/C22H32N4O3.HI/c1-4-6-13-24-20(27)18-11-9-17(10-12-18)15-25-21(23-5-2)26-16-22(3,28)19-8-7-14-29-19;/h7-12,14,28H,4-6,13,15-16H2,1-3H3,(H,24,27)(H2,23,25,26);1H. The monoisotopic (exact) mass is 528 g/mol. The molecule has 30 heavy (non-hydrogen) atoms. The van der Waals surface area contributed by atoms with E-state index < -0.39 is 5.60 Å². The number of aliphatic imine (C=N–C) groups is 1. The third-order valence-corrected chi connectivity index (χ3v) is 4.45. The molecule has 1 aromatic heterocycles. The zero-order chi connectivity index (χ0) is 21.1. The number of amides is 1. The van der Waals surface area contributed by atoms with Crippen LogP contribution >= 0.6 is 24.0 Å². The lowest BCUT2D eigenvalue weighted by Crippen LogP contribution is -2.44. The van der Waals surface area contributed by atoms with Crippen molar-refractivity contribution < 1.29 is 14.3 Å². The van der Waals surface area contributed by atoms with Gasteiger partial charge in [0.1, 0.15) is 11.4 Å². The van der Waals surface area contributed by atoms with Gasteiger partial charge in [-0.15, -0.1) is 24.0 Å². The number of rotatable bonds is 10. The summed E-state index contributed by atoms with van der Waals surface area (Å²) < 4.78 is 5.30. The molecule has 0 aliphatic rings. The quantitative estimate of drug-likeness (QED) is 0.164. The molecule has 1 aromatic carbocycles. The summed E-state index contributed by atoms with van der Waals surface area (Å²) in [7, 11) is 0. The van der Waals surface area contributed by atoms with Gasteiger partial charge in [0.2, 0.25) is 0 Å². The minimum atomic E-state index is -1.15. The van der Waals surface area contributed by atoms with E-state index in [4.69, 9.17) is 4.42 Å². The van der Waals surface area contributed by atoms with Gasteiger partial charge in [0, 0.05) is 18.7 Å². The van der Waals surface area contributed by atoms with Gasteiger partial charge >= 0.3 is 0 Å². The zero-order valence-corrected chi connectivity index (χ0v) is 20.2. The van der Waals surface area contributed by atoms with Crippen LogP contribution in [0, 0.1) is 0 Å². The van der Waals surface area contributed by atoms with Crippen LogP contribution in [0.3, 0.4) is 0 Å². The Balaban J connectivity index is 0.00000450. The highest BCUT2D eigenvalue weighted by atomic mass is 127. The Morgan fingerprint density at radius 3 is 2.47 bits per heavy atom. The SMILES string of the molecule is CCCCNC(=O)c1ccc(CN=C(NCC)NCC(C)(O)c2ccco2)cc1.I. The molecule has 0 aliphatic heterocycles. The summed E-state index contributed by atoms with van der Waals surface area (Å²) in [4.78, 5) is 16.6. The van der Waals surface area contributed by atoms with Gasteiger partial charge in [-0.3, -0.25) is 4.79 Å². The summed E-state index contributed by atoms with van der Waals surface area (Å²) in [5, 5.41) is 19.8. The fraction of sp³-hybridized carbons (Fsp3) is 0.455. The van der Waals surface area contributed by atoms with Crippen molar-refractivity contribution >= 4 is 35.8 Å². The van der Waals surface area contributed by atoms with Gasteiger partial charge in [-0.05, 0) is 50.1 Å². The lowest BCUT2D eigenvalue weighted by molar-refractivity contribution is 0.0386. The third-order valence-electron chi connectivity index (χ3n) is 4.45. The molecule has 2 aromatic rings. The second-order valence-electron chi connectivity index (χ2n) is 7.11. The van der Waals surface area contributed by atoms with Crippen molar-refractivity contribution in [1.29, 1.82) is 0 Å². The van der Waals surface area contributed by atoms with Crippen molar-refractivity contribution in [2.45, 2.75) is 45.8 Å². The van der Waals surface area contributed by atoms with E-state index in [9.17, 15) is 9.90 Å². The van der Waals surface area contributed by atoms with Crippen LogP contribution in [0.25, 0.3) is 0 Å². The predicted octanol–water partition coefficient (Wildman–Crippen LogP) is 3.39. The number of aliphatic hydroxyl groups is 1. The minimum Gasteiger partial charge on any atom is -0.466 e. The van der Waals surface area contributed by atoms with Gasteiger partial charge in [0.05, 0.1) is 19.4 Å². The fourth-order valence-electron chi connectivity index (χ4n) is 2.68. The Morgan fingerprint density at radius 2 is 1.87 bits per heavy atom. The normalized spacial score (nSPS) is 13.1. The van der Waals surface area contributed by atoms with E-state index in [0.29, 0.717) is 36.9 Å². The van der Waals surface area contributed by atoms with Gasteiger partial charge in [-0.25, -0.2) is 4.99 Å². The molecule has 0 fully saturated rings. The summed E-state index contributed by atoms with van der Waals surface area (Å²) in [6.45, 7) is 7.86. The number of guanidine groups is 1. The molecule has 0 spiro atoms. The first-order chi connectivity index (χ1) is 14.0. The van der Waals surface area contributed by atoms with Crippen molar-refractivity contribution in [2.75, 3.05) is 19.6 Å². The summed E-state index contributed by atoms with van der Waals surface area (Å²) >= 11 is 0. The molecule has 0 saturated carbocycles. The highest BCUT2D eigenvalue weighted by molar-refractivity contribution is 14.0. The first-order valence-electron chi connectivity index (χ1n) is 10.1. The summed E-state index contributed by atoms with van der Waals surface area (Å²) in [6, 6.07) is 10.9. The molecule has 166 valence electrons. The van der Waals surface area contributed by atoms with Crippen molar-refractivity contribution in [3.63, 3.8) is 0 Å². The number of hydrogen-bond donors (Lipinski definition) is 4. The van der Waals surface area contributed by atoms with E-state index in [2.05, 4.69) is 27.9 Å². The molecule has 2 rings (SSSR count). The minimum absolute atomic E-state index is 0. The molecule has 8 heteroatoms. The van der Waals surface area contributed by atoms with E-state index >= 15 is 0 Å². The third kappa shape index (κ3) is 8.35. The number of carbonyl (C=O) groups is 1. The Hall–Kier alpha value is -2.07. The van der Waals surface area contributed by atoms with Crippen molar-refractivity contribution in [3.05, 3.63) is 59.5 Å². The second kappa shape index (κ2) is 13.3. The van der Waals surface area contributed by atoms with Gasteiger partial charge in [-0.1, -0.05) is 25.5 Å². The molecular weight excluding hydrogens is 495 g/mol. The Labute approximate surface area is 195 Å². The second-order valence-corrected chi connectivity index (χ2v) is 7.11. The number of nitrogens with one attached hydrogen (secondary N) is 3. The first kappa shape index (κ1) is 26.0. The molecule has 1 amide bonds. The average molecular weight is 528 g/mol. The highest BCUT2D eigenvalue weighted by Gasteiger charge is 2.26.